The number of aromatic nitrogens is 1. The summed E-state index contributed by atoms with van der Waals surface area (Å²) in [5.41, 5.74) is 5.71. The van der Waals surface area contributed by atoms with E-state index >= 15 is 0 Å². The van der Waals surface area contributed by atoms with Crippen LogP contribution in [0.1, 0.15) is 74.9 Å². The lowest BCUT2D eigenvalue weighted by molar-refractivity contribution is -0.114. The zero-order valence-electron chi connectivity index (χ0n) is 20.0. The molecule has 2 aliphatic rings. The van der Waals surface area contributed by atoms with Crippen molar-refractivity contribution < 1.29 is 4.79 Å². The lowest BCUT2D eigenvalue weighted by atomic mass is 9.98. The summed E-state index contributed by atoms with van der Waals surface area (Å²) < 4.78 is 2.19. The van der Waals surface area contributed by atoms with Crippen LogP contribution in [0.5, 0.6) is 0 Å². The van der Waals surface area contributed by atoms with Crippen molar-refractivity contribution >= 4 is 39.8 Å². The van der Waals surface area contributed by atoms with Gasteiger partial charge in [0.2, 0.25) is 5.17 Å². The average molecular weight is 462 g/mol. The summed E-state index contributed by atoms with van der Waals surface area (Å²) in [6.45, 7) is 10.7. The summed E-state index contributed by atoms with van der Waals surface area (Å²) in [7, 11) is 0. The maximum atomic E-state index is 12.8. The number of aliphatic imine (C=N–C) groups is 1. The summed E-state index contributed by atoms with van der Waals surface area (Å²) in [4.78, 5) is 17.0. The molecule has 0 fully saturated rings. The minimum atomic E-state index is -0.381. The summed E-state index contributed by atoms with van der Waals surface area (Å²) in [6.07, 6.45) is 5.84. The van der Waals surface area contributed by atoms with Crippen molar-refractivity contribution in [2.45, 2.75) is 66.2 Å². The SMILES string of the molecule is CCCCC1=NN2C(=N)/C(=C/c3cc(C)n(-c4ccc([C@H](C)CC)cc4)c3C)C(=O)N=C2S1. The van der Waals surface area contributed by atoms with Gasteiger partial charge in [-0.1, -0.05) is 39.3 Å². The van der Waals surface area contributed by atoms with Gasteiger partial charge in [-0.05, 0) is 86.2 Å². The Bertz CT molecular complexity index is 1190. The van der Waals surface area contributed by atoms with Gasteiger partial charge in [0.25, 0.3) is 5.91 Å². The maximum Gasteiger partial charge on any atom is 0.283 e. The van der Waals surface area contributed by atoms with Gasteiger partial charge in [0, 0.05) is 17.1 Å². The second-order valence-electron chi connectivity index (χ2n) is 8.68. The molecule has 0 unspecified atom stereocenters. The third kappa shape index (κ3) is 4.47. The van der Waals surface area contributed by atoms with Gasteiger partial charge in [-0.25, -0.2) is 0 Å². The molecule has 0 bridgehead atoms. The number of hydrogen-bond acceptors (Lipinski definition) is 4. The number of thioether (sulfide) groups is 1. The van der Waals surface area contributed by atoms with Crippen LogP contribution in [0.15, 0.2) is 46.0 Å². The molecule has 0 saturated carbocycles. The van der Waals surface area contributed by atoms with Crippen molar-refractivity contribution in [2.24, 2.45) is 10.1 Å². The molecule has 2 aromatic rings. The van der Waals surface area contributed by atoms with Crippen molar-refractivity contribution in [3.63, 3.8) is 0 Å². The molecule has 172 valence electrons. The third-order valence-electron chi connectivity index (χ3n) is 6.34. The quantitative estimate of drug-likeness (QED) is 0.484. The number of carbonyl (C=O) groups excluding carboxylic acids is 1. The molecule has 3 heterocycles. The number of hydrazone groups is 1. The molecule has 0 aliphatic carbocycles. The fraction of sp³-hybridized carbons (Fsp3) is 0.385. The number of aryl methyl sites for hydroxylation is 1. The van der Waals surface area contributed by atoms with Gasteiger partial charge in [0.15, 0.2) is 5.84 Å². The van der Waals surface area contributed by atoms with E-state index in [0.29, 0.717) is 11.1 Å². The summed E-state index contributed by atoms with van der Waals surface area (Å²) in [6, 6.07) is 10.7. The molecule has 1 aromatic heterocycles. The van der Waals surface area contributed by atoms with E-state index in [1.54, 1.807) is 6.08 Å². The molecule has 0 spiro atoms. The number of rotatable bonds is 7. The Balaban J connectivity index is 1.65. The predicted octanol–water partition coefficient (Wildman–Crippen LogP) is 6.42. The zero-order chi connectivity index (χ0) is 23.7. The van der Waals surface area contributed by atoms with E-state index < -0.39 is 0 Å². The van der Waals surface area contributed by atoms with Gasteiger partial charge in [-0.3, -0.25) is 10.2 Å². The highest BCUT2D eigenvalue weighted by Crippen LogP contribution is 2.31. The van der Waals surface area contributed by atoms with Crippen LogP contribution in [0.25, 0.3) is 11.8 Å². The standard InChI is InChI=1S/C26H31N5OS/c1-6-8-9-23-29-31-24(27)22(25(32)28-26(31)33-23)15-20-14-17(4)30(18(20)5)21-12-10-19(11-13-21)16(3)7-2/h10-16,27H,6-9H2,1-5H3/b22-15-,27-24?/t16-/m1/s1. The highest BCUT2D eigenvalue weighted by molar-refractivity contribution is 8.26. The Morgan fingerprint density at radius 1 is 1.18 bits per heavy atom. The summed E-state index contributed by atoms with van der Waals surface area (Å²) in [5.74, 6) is 0.244. The van der Waals surface area contributed by atoms with Gasteiger partial charge in [-0.2, -0.15) is 15.1 Å². The van der Waals surface area contributed by atoms with Crippen LogP contribution in [0.4, 0.5) is 0 Å². The Hall–Kier alpha value is -2.93. The average Bonchev–Trinajstić information content (AvgIpc) is 3.34. The second kappa shape index (κ2) is 9.51. The first-order valence-corrected chi connectivity index (χ1v) is 12.4. The van der Waals surface area contributed by atoms with Gasteiger partial charge < -0.3 is 4.57 Å². The van der Waals surface area contributed by atoms with E-state index in [-0.39, 0.29) is 17.3 Å². The zero-order valence-corrected chi connectivity index (χ0v) is 20.8. The number of nitrogens with one attached hydrogen (secondary N) is 1. The van der Waals surface area contributed by atoms with Crippen LogP contribution in [0, 0.1) is 19.3 Å². The van der Waals surface area contributed by atoms with Gasteiger partial charge in [0.05, 0.1) is 5.57 Å². The third-order valence-corrected chi connectivity index (χ3v) is 7.31. The number of amides is 1. The Morgan fingerprint density at radius 3 is 2.58 bits per heavy atom. The van der Waals surface area contributed by atoms with Crippen molar-refractivity contribution in [2.75, 3.05) is 0 Å². The molecular weight excluding hydrogens is 430 g/mol. The van der Waals surface area contributed by atoms with Crippen molar-refractivity contribution in [1.29, 1.82) is 5.41 Å². The predicted molar refractivity (Wildman–Crippen MR) is 138 cm³/mol. The molecule has 1 aromatic carbocycles. The molecule has 33 heavy (non-hydrogen) atoms. The molecule has 0 saturated heterocycles. The van der Waals surface area contributed by atoms with Crippen molar-refractivity contribution in [3.05, 3.63) is 58.4 Å². The maximum absolute atomic E-state index is 12.8. The Morgan fingerprint density at radius 2 is 1.91 bits per heavy atom. The molecule has 0 radical (unpaired) electrons. The van der Waals surface area contributed by atoms with Crippen LogP contribution in [-0.4, -0.2) is 31.5 Å². The van der Waals surface area contributed by atoms with E-state index in [1.807, 2.05) is 6.92 Å². The van der Waals surface area contributed by atoms with Crippen molar-refractivity contribution in [1.82, 2.24) is 9.58 Å². The lowest BCUT2D eigenvalue weighted by Gasteiger charge is -2.20. The molecule has 2 aliphatic heterocycles. The number of unbranched alkanes of at least 4 members (excludes halogenated alkanes) is 1. The first-order valence-electron chi connectivity index (χ1n) is 11.6. The van der Waals surface area contributed by atoms with Crippen molar-refractivity contribution in [3.8, 4) is 5.69 Å². The first kappa shape index (κ1) is 23.2. The minimum Gasteiger partial charge on any atom is -0.318 e. The van der Waals surface area contributed by atoms with Crippen LogP contribution < -0.4 is 0 Å². The number of benzene rings is 1. The summed E-state index contributed by atoms with van der Waals surface area (Å²) >= 11 is 1.39. The fourth-order valence-electron chi connectivity index (χ4n) is 4.13. The largest absolute Gasteiger partial charge is 0.318 e. The molecule has 7 heteroatoms. The highest BCUT2D eigenvalue weighted by atomic mass is 32.2. The van der Waals surface area contributed by atoms with E-state index in [9.17, 15) is 4.79 Å². The molecular formula is C26H31N5OS. The van der Waals surface area contributed by atoms with Crippen LogP contribution in [-0.2, 0) is 4.79 Å². The Labute approximate surface area is 200 Å². The summed E-state index contributed by atoms with van der Waals surface area (Å²) in [5, 5.41) is 16.1. The fourth-order valence-corrected chi connectivity index (χ4v) is 5.06. The first-order chi connectivity index (χ1) is 15.8. The molecule has 6 nitrogen and oxygen atoms in total. The molecule has 1 amide bonds. The Kier molecular flexibility index (Phi) is 6.70. The van der Waals surface area contributed by atoms with Crippen LogP contribution in [0.3, 0.4) is 0 Å². The molecule has 4 rings (SSSR count). The number of nitrogens with zero attached hydrogens (tertiary/aromatic N) is 4. The van der Waals surface area contributed by atoms with E-state index in [2.05, 4.69) is 72.7 Å². The van der Waals surface area contributed by atoms with Gasteiger partial charge in [-0.15, -0.1) is 0 Å². The topological polar surface area (TPSA) is 73.8 Å². The van der Waals surface area contributed by atoms with E-state index in [0.717, 1.165) is 53.4 Å². The molecule has 1 N–H and O–H groups in total. The van der Waals surface area contributed by atoms with Crippen LogP contribution >= 0.6 is 11.8 Å². The second-order valence-corrected chi connectivity index (χ2v) is 9.72. The smallest absolute Gasteiger partial charge is 0.283 e. The normalized spacial score (nSPS) is 18.0. The molecule has 1 atom stereocenters. The van der Waals surface area contributed by atoms with Crippen LogP contribution in [0.2, 0.25) is 0 Å². The van der Waals surface area contributed by atoms with E-state index in [4.69, 9.17) is 5.41 Å². The highest BCUT2D eigenvalue weighted by Gasteiger charge is 2.35. The number of fused-ring (bicyclic) bond motifs is 1. The van der Waals surface area contributed by atoms with E-state index in [1.165, 1.54) is 22.3 Å². The van der Waals surface area contributed by atoms with Gasteiger partial charge >= 0.3 is 0 Å². The lowest BCUT2D eigenvalue weighted by Crippen LogP contribution is -2.35. The minimum absolute atomic E-state index is 0.0895. The number of hydrogen-bond donors (Lipinski definition) is 1. The number of carbonyl (C=O) groups is 1. The van der Waals surface area contributed by atoms with Gasteiger partial charge in [0.1, 0.15) is 5.04 Å². The monoisotopic (exact) mass is 461 g/mol. The number of amidine groups is 2.